The van der Waals surface area contributed by atoms with E-state index >= 15 is 0 Å². The monoisotopic (exact) mass is 396 g/mol. The first-order valence-electron chi connectivity index (χ1n) is 9.74. The molecule has 0 atom stereocenters. The van der Waals surface area contributed by atoms with Gasteiger partial charge in [0, 0.05) is 26.6 Å². The number of nitrogens with zero attached hydrogens (tertiary/aromatic N) is 2. The first-order valence-corrected chi connectivity index (χ1v) is 9.74. The van der Waals surface area contributed by atoms with E-state index in [1.807, 2.05) is 43.3 Å². The van der Waals surface area contributed by atoms with E-state index in [0.29, 0.717) is 31.1 Å². The Hall–Kier alpha value is -3.02. The number of hydrogen-bond acceptors (Lipinski definition) is 4. The molecule has 0 aromatic heterocycles. The number of rotatable bonds is 6. The highest BCUT2D eigenvalue weighted by Crippen LogP contribution is 2.33. The minimum atomic E-state index is -0.109. The van der Waals surface area contributed by atoms with Crippen LogP contribution in [0.3, 0.4) is 0 Å². The second-order valence-corrected chi connectivity index (χ2v) is 7.40. The second-order valence-electron chi connectivity index (χ2n) is 7.40. The topological polar surface area (TPSA) is 59.1 Å². The average Bonchev–Trinajstić information content (AvgIpc) is 2.73. The van der Waals surface area contributed by atoms with Crippen molar-refractivity contribution in [2.75, 3.05) is 27.3 Å². The van der Waals surface area contributed by atoms with Crippen LogP contribution in [0, 0.1) is 6.92 Å². The molecule has 0 fully saturated rings. The van der Waals surface area contributed by atoms with Crippen molar-refractivity contribution in [1.82, 2.24) is 9.80 Å². The average molecular weight is 396 g/mol. The van der Waals surface area contributed by atoms with E-state index in [0.717, 1.165) is 23.1 Å². The van der Waals surface area contributed by atoms with Crippen molar-refractivity contribution < 1.29 is 19.1 Å². The summed E-state index contributed by atoms with van der Waals surface area (Å²) in [7, 11) is 3.22. The lowest BCUT2D eigenvalue weighted by Crippen LogP contribution is -2.43. The molecule has 3 rings (SSSR count). The Balaban J connectivity index is 1.69. The molecule has 0 saturated heterocycles. The van der Waals surface area contributed by atoms with E-state index < -0.39 is 0 Å². The molecule has 0 radical (unpaired) electrons. The summed E-state index contributed by atoms with van der Waals surface area (Å²) >= 11 is 0. The maximum atomic E-state index is 12.9. The highest BCUT2D eigenvalue weighted by Gasteiger charge is 2.25. The Morgan fingerprint density at radius 3 is 2.24 bits per heavy atom. The van der Waals surface area contributed by atoms with E-state index in [4.69, 9.17) is 9.47 Å². The molecule has 0 bridgehead atoms. The molecule has 29 heavy (non-hydrogen) atoms. The zero-order chi connectivity index (χ0) is 21.0. The molecule has 1 aliphatic rings. The number of carbonyl (C=O) groups is 2. The van der Waals surface area contributed by atoms with Crippen molar-refractivity contribution in [3.63, 3.8) is 0 Å². The van der Waals surface area contributed by atoms with Crippen LogP contribution >= 0.6 is 0 Å². The highest BCUT2D eigenvalue weighted by molar-refractivity contribution is 5.84. The van der Waals surface area contributed by atoms with Gasteiger partial charge in [-0.05, 0) is 42.2 Å². The van der Waals surface area contributed by atoms with E-state index in [1.165, 1.54) is 12.5 Å². The van der Waals surface area contributed by atoms with Crippen LogP contribution in [0.2, 0.25) is 0 Å². The third kappa shape index (κ3) is 4.88. The smallest absolute Gasteiger partial charge is 0.242 e. The molecule has 0 spiro atoms. The first kappa shape index (κ1) is 20.7. The number of amides is 2. The molecule has 1 aliphatic heterocycles. The molecular weight excluding hydrogens is 368 g/mol. The van der Waals surface area contributed by atoms with Gasteiger partial charge >= 0.3 is 0 Å². The van der Waals surface area contributed by atoms with Gasteiger partial charge in [0.25, 0.3) is 0 Å². The van der Waals surface area contributed by atoms with Crippen LogP contribution in [0.15, 0.2) is 36.4 Å². The lowest BCUT2D eigenvalue weighted by atomic mass is 9.98. The summed E-state index contributed by atoms with van der Waals surface area (Å²) in [5.74, 6) is 1.20. The Bertz CT molecular complexity index is 892. The van der Waals surface area contributed by atoms with Gasteiger partial charge in [0.1, 0.15) is 6.54 Å². The van der Waals surface area contributed by atoms with Crippen LogP contribution in [-0.4, -0.2) is 48.9 Å². The van der Waals surface area contributed by atoms with Crippen LogP contribution in [0.5, 0.6) is 11.5 Å². The molecule has 2 amide bonds. The van der Waals surface area contributed by atoms with Gasteiger partial charge in [0.15, 0.2) is 11.5 Å². The summed E-state index contributed by atoms with van der Waals surface area (Å²) in [6.45, 7) is 5.16. The molecule has 1 heterocycles. The summed E-state index contributed by atoms with van der Waals surface area (Å²) in [5.41, 5.74) is 4.39. The van der Waals surface area contributed by atoms with E-state index in [-0.39, 0.29) is 18.4 Å². The molecule has 2 aromatic rings. The summed E-state index contributed by atoms with van der Waals surface area (Å²) in [6.07, 6.45) is 0.749. The maximum Gasteiger partial charge on any atom is 0.242 e. The number of aryl methyl sites for hydroxylation is 1. The van der Waals surface area contributed by atoms with Crippen molar-refractivity contribution in [3.8, 4) is 11.5 Å². The van der Waals surface area contributed by atoms with Gasteiger partial charge < -0.3 is 19.3 Å². The summed E-state index contributed by atoms with van der Waals surface area (Å²) in [6, 6.07) is 11.9. The summed E-state index contributed by atoms with van der Waals surface area (Å²) in [5, 5.41) is 0. The van der Waals surface area contributed by atoms with Crippen molar-refractivity contribution in [3.05, 3.63) is 58.7 Å². The fourth-order valence-corrected chi connectivity index (χ4v) is 3.55. The minimum absolute atomic E-state index is 0.0484. The third-order valence-corrected chi connectivity index (χ3v) is 5.34. The molecule has 6 heteroatoms. The van der Waals surface area contributed by atoms with Gasteiger partial charge in [-0.1, -0.05) is 29.8 Å². The third-order valence-electron chi connectivity index (χ3n) is 5.34. The number of fused-ring (bicyclic) bond motifs is 1. The fourth-order valence-electron chi connectivity index (χ4n) is 3.55. The van der Waals surface area contributed by atoms with Crippen molar-refractivity contribution in [1.29, 1.82) is 0 Å². The zero-order valence-corrected chi connectivity index (χ0v) is 17.5. The molecular formula is C23H28N2O4. The predicted octanol–water partition coefficient (Wildman–Crippen LogP) is 2.95. The Kier molecular flexibility index (Phi) is 6.42. The van der Waals surface area contributed by atoms with E-state index in [2.05, 4.69) is 0 Å². The SMILES string of the molecule is COc1cc2c(cc1OC)CN(C(=O)CN(Cc1ccc(C)cc1)C(C)=O)CC2. The van der Waals surface area contributed by atoms with Gasteiger partial charge in [0.05, 0.1) is 14.2 Å². The Morgan fingerprint density at radius 1 is 1.03 bits per heavy atom. The van der Waals surface area contributed by atoms with Crippen molar-refractivity contribution >= 4 is 11.8 Å². The normalized spacial score (nSPS) is 12.9. The number of hydrogen-bond donors (Lipinski definition) is 0. The number of methoxy groups -OCH3 is 2. The Labute approximate surface area is 172 Å². The van der Waals surface area contributed by atoms with Gasteiger partial charge in [-0.25, -0.2) is 0 Å². The quantitative estimate of drug-likeness (QED) is 0.753. The van der Waals surface area contributed by atoms with Crippen LogP contribution in [0.25, 0.3) is 0 Å². The highest BCUT2D eigenvalue weighted by atomic mass is 16.5. The van der Waals surface area contributed by atoms with Gasteiger partial charge in [-0.15, -0.1) is 0 Å². The molecule has 2 aromatic carbocycles. The fraction of sp³-hybridized carbons (Fsp3) is 0.391. The number of carbonyl (C=O) groups excluding carboxylic acids is 2. The zero-order valence-electron chi connectivity index (χ0n) is 17.5. The number of benzene rings is 2. The number of ether oxygens (including phenoxy) is 2. The van der Waals surface area contributed by atoms with Crippen LogP contribution in [0.4, 0.5) is 0 Å². The van der Waals surface area contributed by atoms with Crippen LogP contribution < -0.4 is 9.47 Å². The van der Waals surface area contributed by atoms with Crippen molar-refractivity contribution in [2.45, 2.75) is 33.4 Å². The van der Waals surface area contributed by atoms with Gasteiger partial charge in [-0.2, -0.15) is 0 Å². The first-order chi connectivity index (χ1) is 13.9. The lowest BCUT2D eigenvalue weighted by Gasteiger charge is -2.31. The van der Waals surface area contributed by atoms with Gasteiger partial charge in [0.2, 0.25) is 11.8 Å². The van der Waals surface area contributed by atoms with Crippen LogP contribution in [-0.2, 0) is 29.1 Å². The van der Waals surface area contributed by atoms with E-state index in [9.17, 15) is 9.59 Å². The van der Waals surface area contributed by atoms with Crippen molar-refractivity contribution in [2.24, 2.45) is 0 Å². The lowest BCUT2D eigenvalue weighted by molar-refractivity contribution is -0.140. The standard InChI is InChI=1S/C23H28N2O4/c1-16-5-7-18(8-6-16)13-25(17(2)26)15-23(27)24-10-9-19-11-21(28-3)22(29-4)12-20(19)14-24/h5-8,11-12H,9-10,13-15H2,1-4H3. The van der Waals surface area contributed by atoms with E-state index in [1.54, 1.807) is 24.0 Å². The molecule has 6 nitrogen and oxygen atoms in total. The summed E-state index contributed by atoms with van der Waals surface area (Å²) < 4.78 is 10.8. The predicted molar refractivity (Wildman–Crippen MR) is 111 cm³/mol. The minimum Gasteiger partial charge on any atom is -0.493 e. The second kappa shape index (κ2) is 8.99. The maximum absolute atomic E-state index is 12.9. The molecule has 0 aliphatic carbocycles. The molecule has 0 N–H and O–H groups in total. The summed E-state index contributed by atoms with van der Waals surface area (Å²) in [4.78, 5) is 28.4. The molecule has 154 valence electrons. The largest absolute Gasteiger partial charge is 0.493 e. The molecule has 0 saturated carbocycles. The van der Waals surface area contributed by atoms with Crippen LogP contribution in [0.1, 0.15) is 29.2 Å². The van der Waals surface area contributed by atoms with Gasteiger partial charge in [-0.3, -0.25) is 9.59 Å². The molecule has 0 unspecified atom stereocenters. The Morgan fingerprint density at radius 2 is 1.66 bits per heavy atom.